The van der Waals surface area contributed by atoms with Crippen molar-refractivity contribution < 1.29 is 9.84 Å². The number of H-pyrrole nitrogens is 2. The van der Waals surface area contributed by atoms with Gasteiger partial charge in [0.2, 0.25) is 5.88 Å². The van der Waals surface area contributed by atoms with Gasteiger partial charge in [0.15, 0.2) is 0 Å². The van der Waals surface area contributed by atoms with E-state index in [1.165, 1.54) is 0 Å². The second kappa shape index (κ2) is 5.50. The number of aromatic nitrogens is 2. The molecule has 2 aromatic carbocycles. The Balaban J connectivity index is 2.12. The first-order chi connectivity index (χ1) is 10.7. The number of ether oxygens (including phenoxy) is 1. The number of nitriles is 1. The number of nitrogens with zero attached hydrogens (tertiary/aromatic N) is 1. The lowest BCUT2D eigenvalue weighted by Crippen LogP contribution is -2.00. The van der Waals surface area contributed by atoms with Crippen molar-refractivity contribution in [2.45, 2.75) is 0 Å². The Bertz CT molecular complexity index is 904. The lowest BCUT2D eigenvalue weighted by atomic mass is 10.1. The molecule has 0 aliphatic rings. The van der Waals surface area contributed by atoms with Crippen LogP contribution in [0.1, 0.15) is 5.56 Å². The molecule has 0 aliphatic heterocycles. The van der Waals surface area contributed by atoms with Crippen molar-refractivity contribution in [2.75, 3.05) is 0 Å². The number of benzene rings is 2. The molecule has 3 N–H and O–H groups in total. The molecule has 0 saturated heterocycles. The van der Waals surface area contributed by atoms with Crippen molar-refractivity contribution in [2.24, 2.45) is 0 Å². The first-order valence-electron chi connectivity index (χ1n) is 6.46. The van der Waals surface area contributed by atoms with E-state index in [2.05, 4.69) is 9.97 Å². The van der Waals surface area contributed by atoms with E-state index >= 15 is 0 Å². The smallest absolute Gasteiger partial charge is 0.326 e. The second-order valence-electron chi connectivity index (χ2n) is 4.54. The van der Waals surface area contributed by atoms with E-state index in [-0.39, 0.29) is 11.6 Å². The molecule has 3 rings (SSSR count). The Morgan fingerprint density at radius 1 is 1.09 bits per heavy atom. The highest BCUT2D eigenvalue weighted by molar-refractivity contribution is 5.72. The highest BCUT2D eigenvalue weighted by Gasteiger charge is 2.15. The second-order valence-corrected chi connectivity index (χ2v) is 4.54. The molecule has 1 aromatic heterocycles. The Morgan fingerprint density at radius 2 is 1.86 bits per heavy atom. The molecule has 1 heterocycles. The highest BCUT2D eigenvalue weighted by atomic mass is 16.5. The topological polar surface area (TPSA) is 102 Å². The third-order valence-corrected chi connectivity index (χ3v) is 3.06. The molecule has 6 nitrogen and oxygen atoms in total. The first-order valence-corrected chi connectivity index (χ1v) is 6.46. The van der Waals surface area contributed by atoms with Gasteiger partial charge in [-0.05, 0) is 30.3 Å². The maximum absolute atomic E-state index is 11.3. The number of imidazole rings is 1. The average molecular weight is 293 g/mol. The van der Waals surface area contributed by atoms with Crippen molar-refractivity contribution in [1.82, 2.24) is 9.97 Å². The molecule has 22 heavy (non-hydrogen) atoms. The number of nitrogens with one attached hydrogen (secondary N) is 2. The van der Waals surface area contributed by atoms with E-state index in [0.717, 1.165) is 0 Å². The van der Waals surface area contributed by atoms with Crippen molar-refractivity contribution in [3.8, 4) is 34.7 Å². The maximum Gasteiger partial charge on any atom is 0.326 e. The van der Waals surface area contributed by atoms with Gasteiger partial charge >= 0.3 is 5.69 Å². The molecule has 0 aliphatic carbocycles. The van der Waals surface area contributed by atoms with Crippen molar-refractivity contribution in [1.29, 1.82) is 5.26 Å². The molecule has 0 fully saturated rings. The fourth-order valence-corrected chi connectivity index (χ4v) is 2.07. The lowest BCUT2D eigenvalue weighted by Gasteiger charge is -2.10. The molecule has 0 spiro atoms. The molecule has 0 atom stereocenters. The van der Waals surface area contributed by atoms with E-state index in [1.807, 2.05) is 24.3 Å². The monoisotopic (exact) mass is 293 g/mol. The van der Waals surface area contributed by atoms with Gasteiger partial charge < -0.3 is 14.8 Å². The Hall–Kier alpha value is -3.46. The molecule has 6 heteroatoms. The summed E-state index contributed by atoms with van der Waals surface area (Å²) in [5, 5.41) is 18.8. The number of hydrogen-bond acceptors (Lipinski definition) is 4. The Labute approximate surface area is 125 Å². The number of aromatic hydroxyl groups is 1. The molecule has 108 valence electrons. The summed E-state index contributed by atoms with van der Waals surface area (Å²) >= 11 is 0. The van der Waals surface area contributed by atoms with Crippen LogP contribution in [0.5, 0.6) is 17.4 Å². The Morgan fingerprint density at radius 3 is 2.50 bits per heavy atom. The summed E-state index contributed by atoms with van der Waals surface area (Å²) in [5.41, 5.74) is 0.564. The predicted molar refractivity (Wildman–Crippen MR) is 79.7 cm³/mol. The van der Waals surface area contributed by atoms with E-state index in [1.54, 1.807) is 30.3 Å². The zero-order chi connectivity index (χ0) is 15.5. The predicted octanol–water partition coefficient (Wildman–Crippen LogP) is 2.74. The largest absolute Gasteiger partial charge is 0.493 e. The number of rotatable bonds is 3. The normalized spacial score (nSPS) is 10.1. The number of para-hydroxylation sites is 1. The highest BCUT2D eigenvalue weighted by Crippen LogP contribution is 2.35. The molecular formula is C16H11N3O3. The van der Waals surface area contributed by atoms with Crippen LogP contribution in [0.2, 0.25) is 0 Å². The molecule has 0 bridgehead atoms. The summed E-state index contributed by atoms with van der Waals surface area (Å²) in [5.74, 6) is 0.652. The molecule has 3 aromatic rings. The number of hydrogen-bond donors (Lipinski definition) is 3. The minimum absolute atomic E-state index is 0.209. The Kier molecular flexibility index (Phi) is 3.38. The van der Waals surface area contributed by atoms with Crippen LogP contribution in [0.25, 0.3) is 11.3 Å². The van der Waals surface area contributed by atoms with Crippen LogP contribution >= 0.6 is 0 Å². The zero-order valence-corrected chi connectivity index (χ0v) is 11.3. The molecule has 0 radical (unpaired) electrons. The van der Waals surface area contributed by atoms with Gasteiger partial charge in [-0.3, -0.25) is 4.98 Å². The SMILES string of the molecule is N#Cc1ccc(-c2[nH]c(=O)[nH]c2O)c(Oc2ccccc2)c1. The third-order valence-electron chi connectivity index (χ3n) is 3.06. The summed E-state index contributed by atoms with van der Waals surface area (Å²) in [6, 6.07) is 15.8. The van der Waals surface area contributed by atoms with Crippen LogP contribution in [0.15, 0.2) is 53.3 Å². The quantitative estimate of drug-likeness (QED) is 0.691. The average Bonchev–Trinajstić information content (AvgIpc) is 2.86. The number of aromatic amines is 2. The van der Waals surface area contributed by atoms with E-state index in [9.17, 15) is 9.90 Å². The van der Waals surface area contributed by atoms with E-state index in [0.29, 0.717) is 22.6 Å². The van der Waals surface area contributed by atoms with Gasteiger partial charge in [-0.1, -0.05) is 18.2 Å². The van der Waals surface area contributed by atoms with Gasteiger partial charge in [0, 0.05) is 5.56 Å². The van der Waals surface area contributed by atoms with E-state index in [4.69, 9.17) is 10.00 Å². The molecule has 0 saturated carbocycles. The van der Waals surface area contributed by atoms with E-state index < -0.39 is 5.69 Å². The first kappa shape index (κ1) is 13.5. The van der Waals surface area contributed by atoms with Gasteiger partial charge in [-0.15, -0.1) is 0 Å². The van der Waals surface area contributed by atoms with Crippen molar-refractivity contribution in [3.63, 3.8) is 0 Å². The minimum atomic E-state index is -0.525. The van der Waals surface area contributed by atoms with Gasteiger partial charge in [0.25, 0.3) is 0 Å². The van der Waals surface area contributed by atoms with Crippen molar-refractivity contribution in [3.05, 3.63) is 64.6 Å². The van der Waals surface area contributed by atoms with Crippen LogP contribution in [0, 0.1) is 11.3 Å². The molecular weight excluding hydrogens is 282 g/mol. The summed E-state index contributed by atoms with van der Waals surface area (Å²) in [7, 11) is 0. The van der Waals surface area contributed by atoms with Gasteiger partial charge in [0.1, 0.15) is 17.2 Å². The fourth-order valence-electron chi connectivity index (χ4n) is 2.07. The van der Waals surface area contributed by atoms with Crippen molar-refractivity contribution >= 4 is 0 Å². The van der Waals surface area contributed by atoms with Gasteiger partial charge in [-0.25, -0.2) is 4.79 Å². The molecule has 0 amide bonds. The summed E-state index contributed by atoms with van der Waals surface area (Å²) in [6.07, 6.45) is 0. The molecule has 0 unspecified atom stereocenters. The van der Waals surface area contributed by atoms with Gasteiger partial charge in [-0.2, -0.15) is 5.26 Å². The van der Waals surface area contributed by atoms with Crippen LogP contribution < -0.4 is 10.4 Å². The van der Waals surface area contributed by atoms with Crippen LogP contribution in [-0.4, -0.2) is 15.1 Å². The summed E-state index contributed by atoms with van der Waals surface area (Å²) < 4.78 is 5.77. The third kappa shape index (κ3) is 2.55. The minimum Gasteiger partial charge on any atom is -0.493 e. The van der Waals surface area contributed by atoms with Crippen LogP contribution in [-0.2, 0) is 0 Å². The van der Waals surface area contributed by atoms with Crippen LogP contribution in [0.4, 0.5) is 0 Å². The lowest BCUT2D eigenvalue weighted by molar-refractivity contribution is 0.455. The van der Waals surface area contributed by atoms with Gasteiger partial charge in [0.05, 0.1) is 11.6 Å². The zero-order valence-electron chi connectivity index (χ0n) is 11.3. The van der Waals surface area contributed by atoms with Crippen LogP contribution in [0.3, 0.4) is 0 Å². The summed E-state index contributed by atoms with van der Waals surface area (Å²) in [6.45, 7) is 0. The maximum atomic E-state index is 11.3. The fraction of sp³-hybridized carbons (Fsp3) is 0. The summed E-state index contributed by atoms with van der Waals surface area (Å²) in [4.78, 5) is 16.1. The standard InChI is InChI=1S/C16H11N3O3/c17-9-10-6-7-12(14-15(20)19-16(21)18-14)13(8-10)22-11-4-2-1-3-5-11/h1-8,20H,(H2,18,19,21).